The van der Waals surface area contributed by atoms with Crippen LogP contribution >= 0.6 is 0 Å². The smallest absolute Gasteiger partial charge is 0.196 e. The molecule has 1 aromatic heterocycles. The maximum atomic E-state index is 12.8. The molecule has 1 N–H and O–H groups in total. The molecule has 1 aliphatic carbocycles. The number of hydrogen-bond donors (Lipinski definition) is 1. The van der Waals surface area contributed by atoms with E-state index in [2.05, 4.69) is 0 Å². The number of methoxy groups -OCH3 is 2. The summed E-state index contributed by atoms with van der Waals surface area (Å²) < 4.78 is 12.7. The minimum atomic E-state index is -0.0799. The molecule has 5 heteroatoms. The number of ketones is 1. The zero-order valence-corrected chi connectivity index (χ0v) is 13.0. The summed E-state index contributed by atoms with van der Waals surface area (Å²) in [6.45, 7) is 0. The van der Waals surface area contributed by atoms with Gasteiger partial charge < -0.3 is 19.1 Å². The summed E-state index contributed by atoms with van der Waals surface area (Å²) in [5.74, 6) is 1.22. The van der Waals surface area contributed by atoms with Crippen LogP contribution in [0, 0.1) is 0 Å². The van der Waals surface area contributed by atoms with Crippen molar-refractivity contribution in [2.24, 2.45) is 7.05 Å². The highest BCUT2D eigenvalue weighted by molar-refractivity contribution is 6.28. The minimum absolute atomic E-state index is 0.0799. The number of carbonyl (C=O) groups excluding carboxylic acids is 1. The second-order valence-electron chi connectivity index (χ2n) is 5.57. The van der Waals surface area contributed by atoms with Crippen molar-refractivity contribution in [3.8, 4) is 28.5 Å². The predicted octanol–water partition coefficient (Wildman–Crippen LogP) is 3.11. The summed E-state index contributed by atoms with van der Waals surface area (Å²) in [4.78, 5) is 12.8. The first kappa shape index (κ1) is 13.7. The number of rotatable bonds is 2. The maximum absolute atomic E-state index is 12.8. The van der Waals surface area contributed by atoms with Crippen molar-refractivity contribution in [2.45, 2.75) is 0 Å². The lowest BCUT2D eigenvalue weighted by Gasteiger charge is -2.09. The zero-order chi connectivity index (χ0) is 16.3. The van der Waals surface area contributed by atoms with E-state index in [0.29, 0.717) is 22.6 Å². The number of phenols is 1. The fourth-order valence-electron chi connectivity index (χ4n) is 3.37. The summed E-state index contributed by atoms with van der Waals surface area (Å²) in [5.41, 5.74) is 3.76. The van der Waals surface area contributed by atoms with Gasteiger partial charge in [0.2, 0.25) is 0 Å². The predicted molar refractivity (Wildman–Crippen MR) is 86.6 cm³/mol. The van der Waals surface area contributed by atoms with Gasteiger partial charge in [0.1, 0.15) is 5.75 Å². The second-order valence-corrected chi connectivity index (χ2v) is 5.57. The van der Waals surface area contributed by atoms with Gasteiger partial charge in [-0.3, -0.25) is 4.79 Å². The molecular weight excluding hydrogens is 294 g/mol. The number of benzene rings is 2. The minimum Gasteiger partial charge on any atom is -0.508 e. The highest BCUT2D eigenvalue weighted by Crippen LogP contribution is 2.45. The standard InChI is InChI=1S/C18H15NO4/c1-19-13-8-15(23-3)14(22-2)7-12(13)16-17(19)10-5-4-9(20)6-11(10)18(16)21/h4-8,20H,1-3H3. The van der Waals surface area contributed by atoms with Gasteiger partial charge in [-0.2, -0.15) is 0 Å². The summed E-state index contributed by atoms with van der Waals surface area (Å²) in [5, 5.41) is 10.5. The number of carbonyl (C=O) groups is 1. The normalized spacial score (nSPS) is 12.4. The van der Waals surface area contributed by atoms with Crippen molar-refractivity contribution in [1.29, 1.82) is 0 Å². The largest absolute Gasteiger partial charge is 0.508 e. The molecule has 23 heavy (non-hydrogen) atoms. The molecule has 0 fully saturated rings. The fourth-order valence-corrected chi connectivity index (χ4v) is 3.37. The van der Waals surface area contributed by atoms with Crippen molar-refractivity contribution in [1.82, 2.24) is 4.57 Å². The molecule has 3 aromatic rings. The average Bonchev–Trinajstić information content (AvgIpc) is 3.00. The van der Waals surface area contributed by atoms with Gasteiger partial charge in [0.15, 0.2) is 17.3 Å². The first-order valence-corrected chi connectivity index (χ1v) is 7.19. The van der Waals surface area contributed by atoms with Crippen molar-refractivity contribution < 1.29 is 19.4 Å². The Morgan fingerprint density at radius 2 is 1.70 bits per heavy atom. The number of phenolic OH excluding ortho intramolecular Hbond substituents is 1. The highest BCUT2D eigenvalue weighted by atomic mass is 16.5. The molecule has 0 bridgehead atoms. The number of nitrogens with zero attached hydrogens (tertiary/aromatic N) is 1. The van der Waals surface area contributed by atoms with E-state index >= 15 is 0 Å². The van der Waals surface area contributed by atoms with Crippen LogP contribution in [0.4, 0.5) is 0 Å². The summed E-state index contributed by atoms with van der Waals surface area (Å²) in [6.07, 6.45) is 0. The summed E-state index contributed by atoms with van der Waals surface area (Å²) in [6, 6.07) is 8.60. The first-order valence-electron chi connectivity index (χ1n) is 7.19. The van der Waals surface area contributed by atoms with Crippen LogP contribution in [0.25, 0.3) is 22.2 Å². The lowest BCUT2D eigenvalue weighted by Crippen LogP contribution is -1.97. The Morgan fingerprint density at radius 1 is 1.00 bits per heavy atom. The Kier molecular flexibility index (Phi) is 2.69. The number of ether oxygens (including phenoxy) is 2. The number of aryl methyl sites for hydroxylation is 1. The topological polar surface area (TPSA) is 60.7 Å². The highest BCUT2D eigenvalue weighted by Gasteiger charge is 2.33. The van der Waals surface area contributed by atoms with Crippen molar-refractivity contribution >= 4 is 16.7 Å². The molecule has 0 aliphatic heterocycles. The van der Waals surface area contributed by atoms with Crippen LogP contribution in [-0.2, 0) is 7.05 Å². The first-order chi connectivity index (χ1) is 11.1. The van der Waals surface area contributed by atoms with E-state index in [9.17, 15) is 9.90 Å². The van der Waals surface area contributed by atoms with Gasteiger partial charge in [-0.1, -0.05) is 0 Å². The van der Waals surface area contributed by atoms with Gasteiger partial charge in [-0.25, -0.2) is 0 Å². The average molecular weight is 309 g/mol. The van der Waals surface area contributed by atoms with Crippen LogP contribution in [-0.4, -0.2) is 29.7 Å². The fraction of sp³-hybridized carbons (Fsp3) is 0.167. The number of hydrogen-bond acceptors (Lipinski definition) is 4. The van der Waals surface area contributed by atoms with Crippen molar-refractivity contribution in [3.63, 3.8) is 0 Å². The van der Waals surface area contributed by atoms with Crippen LogP contribution < -0.4 is 9.47 Å². The Morgan fingerprint density at radius 3 is 2.39 bits per heavy atom. The van der Waals surface area contributed by atoms with Crippen LogP contribution in [0.5, 0.6) is 17.2 Å². The van der Waals surface area contributed by atoms with E-state index in [1.54, 1.807) is 26.4 Å². The summed E-state index contributed by atoms with van der Waals surface area (Å²) >= 11 is 0. The Labute approximate surface area is 132 Å². The van der Waals surface area contributed by atoms with Gasteiger partial charge in [0, 0.05) is 29.6 Å². The molecule has 2 aromatic carbocycles. The molecule has 0 unspecified atom stereocenters. The molecule has 0 spiro atoms. The monoisotopic (exact) mass is 309 g/mol. The van der Waals surface area contributed by atoms with E-state index < -0.39 is 0 Å². The second kappa shape index (κ2) is 4.52. The number of aromatic hydroxyl groups is 1. The maximum Gasteiger partial charge on any atom is 0.196 e. The third-order valence-corrected chi connectivity index (χ3v) is 4.43. The Bertz CT molecular complexity index is 985. The summed E-state index contributed by atoms with van der Waals surface area (Å²) in [7, 11) is 5.08. The molecule has 4 rings (SSSR count). The molecular formula is C18H15NO4. The molecule has 0 saturated heterocycles. The third kappa shape index (κ3) is 1.64. The molecule has 1 heterocycles. The van der Waals surface area contributed by atoms with Gasteiger partial charge in [-0.05, 0) is 24.3 Å². The van der Waals surface area contributed by atoms with Crippen LogP contribution in [0.2, 0.25) is 0 Å². The molecule has 0 amide bonds. The van der Waals surface area contributed by atoms with Crippen molar-refractivity contribution in [2.75, 3.05) is 14.2 Å². The molecule has 116 valence electrons. The van der Waals surface area contributed by atoms with Gasteiger partial charge >= 0.3 is 0 Å². The SMILES string of the molecule is COc1cc2c3c(n(C)c2cc1OC)-c1ccc(O)cc1C3=O. The van der Waals surface area contributed by atoms with Gasteiger partial charge in [0.25, 0.3) is 0 Å². The molecule has 0 saturated carbocycles. The molecule has 1 aliphatic rings. The molecule has 0 radical (unpaired) electrons. The van der Waals surface area contributed by atoms with Crippen LogP contribution in [0.15, 0.2) is 30.3 Å². The lowest BCUT2D eigenvalue weighted by molar-refractivity contribution is 0.104. The van der Waals surface area contributed by atoms with E-state index in [-0.39, 0.29) is 11.5 Å². The number of fused-ring (bicyclic) bond motifs is 5. The zero-order valence-electron chi connectivity index (χ0n) is 13.0. The lowest BCUT2D eigenvalue weighted by atomic mass is 10.1. The van der Waals surface area contributed by atoms with E-state index in [4.69, 9.17) is 9.47 Å². The quantitative estimate of drug-likeness (QED) is 0.618. The van der Waals surface area contributed by atoms with Gasteiger partial charge in [-0.15, -0.1) is 0 Å². The Hall–Kier alpha value is -2.95. The molecule has 0 atom stereocenters. The van der Waals surface area contributed by atoms with Crippen LogP contribution in [0.1, 0.15) is 15.9 Å². The molecule has 5 nitrogen and oxygen atoms in total. The van der Waals surface area contributed by atoms with Crippen LogP contribution in [0.3, 0.4) is 0 Å². The van der Waals surface area contributed by atoms with E-state index in [0.717, 1.165) is 22.2 Å². The van der Waals surface area contributed by atoms with Crippen molar-refractivity contribution in [3.05, 3.63) is 41.5 Å². The number of aromatic nitrogens is 1. The van der Waals surface area contributed by atoms with E-state index in [1.165, 1.54) is 6.07 Å². The van der Waals surface area contributed by atoms with E-state index in [1.807, 2.05) is 23.7 Å². The Balaban J connectivity index is 2.11. The van der Waals surface area contributed by atoms with Gasteiger partial charge in [0.05, 0.1) is 31.0 Å². The third-order valence-electron chi connectivity index (χ3n) is 4.43.